The fourth-order valence-electron chi connectivity index (χ4n) is 2.99. The number of ether oxygens (including phenoxy) is 1. The summed E-state index contributed by atoms with van der Waals surface area (Å²) in [5.74, 6) is 0.444. The van der Waals surface area contributed by atoms with Crippen LogP contribution in [0, 0.1) is 0 Å². The Bertz CT molecular complexity index is 733. The van der Waals surface area contributed by atoms with E-state index in [0.29, 0.717) is 28.6 Å². The molecule has 1 aliphatic carbocycles. The molecule has 0 spiro atoms. The SMILES string of the molecule is COc1ccc(C(=O)Nc2ccc(C(=O)NC3CCCC3)cc2)cc1. The molecule has 1 fully saturated rings. The zero-order valence-electron chi connectivity index (χ0n) is 14.2. The average molecular weight is 338 g/mol. The monoisotopic (exact) mass is 338 g/mol. The van der Waals surface area contributed by atoms with Crippen LogP contribution in [0.4, 0.5) is 5.69 Å². The van der Waals surface area contributed by atoms with Crippen LogP contribution in [-0.4, -0.2) is 25.0 Å². The summed E-state index contributed by atoms with van der Waals surface area (Å²) in [5, 5.41) is 5.88. The lowest BCUT2D eigenvalue weighted by Crippen LogP contribution is -2.32. The molecule has 0 aromatic heterocycles. The fourth-order valence-corrected chi connectivity index (χ4v) is 2.99. The van der Waals surface area contributed by atoms with E-state index in [0.717, 1.165) is 12.8 Å². The molecule has 2 aromatic rings. The molecule has 3 rings (SSSR count). The van der Waals surface area contributed by atoms with E-state index in [1.54, 1.807) is 55.6 Å². The Morgan fingerprint density at radius 1 is 0.880 bits per heavy atom. The van der Waals surface area contributed by atoms with Crippen molar-refractivity contribution in [1.82, 2.24) is 5.32 Å². The Kier molecular flexibility index (Phi) is 5.33. The molecular weight excluding hydrogens is 316 g/mol. The van der Waals surface area contributed by atoms with Crippen LogP contribution in [0.25, 0.3) is 0 Å². The Morgan fingerprint density at radius 2 is 1.44 bits per heavy atom. The van der Waals surface area contributed by atoms with Crippen molar-refractivity contribution in [2.24, 2.45) is 0 Å². The summed E-state index contributed by atoms with van der Waals surface area (Å²) in [6, 6.07) is 14.1. The van der Waals surface area contributed by atoms with Crippen molar-refractivity contribution in [3.63, 3.8) is 0 Å². The normalized spacial score (nSPS) is 14.1. The van der Waals surface area contributed by atoms with Gasteiger partial charge in [-0.05, 0) is 61.4 Å². The first-order valence-electron chi connectivity index (χ1n) is 8.52. The van der Waals surface area contributed by atoms with Crippen molar-refractivity contribution in [3.05, 3.63) is 59.7 Å². The van der Waals surface area contributed by atoms with Crippen LogP contribution < -0.4 is 15.4 Å². The van der Waals surface area contributed by atoms with Gasteiger partial charge in [0.15, 0.2) is 0 Å². The van der Waals surface area contributed by atoms with Crippen LogP contribution in [0.3, 0.4) is 0 Å². The first-order valence-corrected chi connectivity index (χ1v) is 8.52. The van der Waals surface area contributed by atoms with E-state index in [2.05, 4.69) is 10.6 Å². The summed E-state index contributed by atoms with van der Waals surface area (Å²) in [6.07, 6.45) is 4.48. The van der Waals surface area contributed by atoms with Gasteiger partial charge in [-0.3, -0.25) is 9.59 Å². The van der Waals surface area contributed by atoms with E-state index in [1.165, 1.54) is 12.8 Å². The molecule has 0 saturated heterocycles. The summed E-state index contributed by atoms with van der Waals surface area (Å²) in [5.41, 5.74) is 1.80. The van der Waals surface area contributed by atoms with Crippen LogP contribution in [0.5, 0.6) is 5.75 Å². The van der Waals surface area contributed by atoms with E-state index in [9.17, 15) is 9.59 Å². The standard InChI is InChI=1S/C20H22N2O3/c1-25-18-12-8-15(9-13-18)20(24)22-17-10-6-14(7-11-17)19(23)21-16-4-2-3-5-16/h6-13,16H,2-5H2,1H3,(H,21,23)(H,22,24). The number of hydrogen-bond donors (Lipinski definition) is 2. The van der Waals surface area contributed by atoms with Crippen molar-refractivity contribution >= 4 is 17.5 Å². The van der Waals surface area contributed by atoms with Gasteiger partial charge in [0.25, 0.3) is 11.8 Å². The Morgan fingerprint density at radius 3 is 2.04 bits per heavy atom. The average Bonchev–Trinajstić information content (AvgIpc) is 3.15. The summed E-state index contributed by atoms with van der Waals surface area (Å²) in [7, 11) is 1.58. The quantitative estimate of drug-likeness (QED) is 0.875. The van der Waals surface area contributed by atoms with Gasteiger partial charge in [0.2, 0.25) is 0 Å². The third-order valence-corrected chi connectivity index (χ3v) is 4.45. The number of amides is 2. The maximum atomic E-state index is 12.2. The zero-order chi connectivity index (χ0) is 17.6. The molecule has 1 saturated carbocycles. The first kappa shape index (κ1) is 17.0. The number of methoxy groups -OCH3 is 1. The molecule has 2 amide bonds. The molecule has 25 heavy (non-hydrogen) atoms. The largest absolute Gasteiger partial charge is 0.497 e. The maximum absolute atomic E-state index is 12.2. The molecule has 5 heteroatoms. The highest BCUT2D eigenvalue weighted by Gasteiger charge is 2.17. The van der Waals surface area contributed by atoms with Crippen molar-refractivity contribution in [2.45, 2.75) is 31.7 Å². The summed E-state index contributed by atoms with van der Waals surface area (Å²) in [6.45, 7) is 0. The van der Waals surface area contributed by atoms with Gasteiger partial charge in [-0.15, -0.1) is 0 Å². The second-order valence-corrected chi connectivity index (χ2v) is 6.21. The lowest BCUT2D eigenvalue weighted by molar-refractivity contribution is 0.0937. The second-order valence-electron chi connectivity index (χ2n) is 6.21. The molecule has 1 aliphatic rings. The molecule has 130 valence electrons. The van der Waals surface area contributed by atoms with Gasteiger partial charge < -0.3 is 15.4 Å². The van der Waals surface area contributed by atoms with Crippen molar-refractivity contribution < 1.29 is 14.3 Å². The third kappa shape index (κ3) is 4.38. The molecule has 0 atom stereocenters. The molecule has 2 aromatic carbocycles. The molecule has 0 aliphatic heterocycles. The maximum Gasteiger partial charge on any atom is 0.255 e. The number of carbonyl (C=O) groups is 2. The minimum absolute atomic E-state index is 0.0556. The Hall–Kier alpha value is -2.82. The lowest BCUT2D eigenvalue weighted by Gasteiger charge is -2.12. The molecule has 5 nitrogen and oxygen atoms in total. The molecule has 0 unspecified atom stereocenters. The number of rotatable bonds is 5. The van der Waals surface area contributed by atoms with Gasteiger partial charge >= 0.3 is 0 Å². The van der Waals surface area contributed by atoms with Crippen molar-refractivity contribution in [3.8, 4) is 5.75 Å². The second kappa shape index (κ2) is 7.83. The van der Waals surface area contributed by atoms with Gasteiger partial charge in [-0.1, -0.05) is 12.8 Å². The topological polar surface area (TPSA) is 67.4 Å². The first-order chi connectivity index (χ1) is 12.2. The van der Waals surface area contributed by atoms with Crippen LogP contribution in [0.1, 0.15) is 46.4 Å². The fraction of sp³-hybridized carbons (Fsp3) is 0.300. The minimum atomic E-state index is -0.203. The number of nitrogens with one attached hydrogen (secondary N) is 2. The van der Waals surface area contributed by atoms with Crippen LogP contribution in [0.15, 0.2) is 48.5 Å². The van der Waals surface area contributed by atoms with Crippen LogP contribution in [0.2, 0.25) is 0 Å². The van der Waals surface area contributed by atoms with Crippen LogP contribution >= 0.6 is 0 Å². The van der Waals surface area contributed by atoms with E-state index in [1.807, 2.05) is 0 Å². The van der Waals surface area contributed by atoms with E-state index in [-0.39, 0.29) is 11.8 Å². The Balaban J connectivity index is 1.59. The highest BCUT2D eigenvalue weighted by atomic mass is 16.5. The minimum Gasteiger partial charge on any atom is -0.497 e. The number of hydrogen-bond acceptors (Lipinski definition) is 3. The molecule has 0 heterocycles. The van der Waals surface area contributed by atoms with Crippen molar-refractivity contribution in [2.75, 3.05) is 12.4 Å². The Labute approximate surface area is 147 Å². The van der Waals surface area contributed by atoms with Gasteiger partial charge in [-0.2, -0.15) is 0 Å². The third-order valence-electron chi connectivity index (χ3n) is 4.45. The van der Waals surface area contributed by atoms with Gasteiger partial charge in [-0.25, -0.2) is 0 Å². The van der Waals surface area contributed by atoms with E-state index in [4.69, 9.17) is 4.74 Å². The van der Waals surface area contributed by atoms with Crippen molar-refractivity contribution in [1.29, 1.82) is 0 Å². The summed E-state index contributed by atoms with van der Waals surface area (Å²) < 4.78 is 5.08. The smallest absolute Gasteiger partial charge is 0.255 e. The molecule has 2 N–H and O–H groups in total. The highest BCUT2D eigenvalue weighted by Crippen LogP contribution is 2.19. The van der Waals surface area contributed by atoms with E-state index < -0.39 is 0 Å². The summed E-state index contributed by atoms with van der Waals surface area (Å²) in [4.78, 5) is 24.4. The predicted molar refractivity (Wildman–Crippen MR) is 97.1 cm³/mol. The van der Waals surface area contributed by atoms with E-state index >= 15 is 0 Å². The lowest BCUT2D eigenvalue weighted by atomic mass is 10.1. The molecular formula is C20H22N2O3. The highest BCUT2D eigenvalue weighted by molar-refractivity contribution is 6.04. The number of benzene rings is 2. The number of carbonyl (C=O) groups excluding carboxylic acids is 2. The summed E-state index contributed by atoms with van der Waals surface area (Å²) >= 11 is 0. The zero-order valence-corrected chi connectivity index (χ0v) is 14.2. The molecule has 0 bridgehead atoms. The van der Waals surface area contributed by atoms with Gasteiger partial charge in [0, 0.05) is 22.9 Å². The number of anilines is 1. The van der Waals surface area contributed by atoms with Gasteiger partial charge in [0.1, 0.15) is 5.75 Å². The molecule has 0 radical (unpaired) electrons. The van der Waals surface area contributed by atoms with Gasteiger partial charge in [0.05, 0.1) is 7.11 Å². The predicted octanol–water partition coefficient (Wildman–Crippen LogP) is 3.62. The van der Waals surface area contributed by atoms with Crippen LogP contribution in [-0.2, 0) is 0 Å².